The maximum atomic E-state index is 10.6. The molecule has 0 saturated carbocycles. The molecule has 3 N–H and O–H groups in total. The van der Waals surface area contributed by atoms with Gasteiger partial charge >= 0.3 is 12.7 Å². The second-order valence-electron chi connectivity index (χ2n) is 3.06. The molecule has 0 aliphatic heterocycles. The van der Waals surface area contributed by atoms with Crippen molar-refractivity contribution < 1.29 is 28.6 Å². The largest absolute Gasteiger partial charge is 0.480 e. The van der Waals surface area contributed by atoms with E-state index in [4.69, 9.17) is 14.4 Å². The van der Waals surface area contributed by atoms with Crippen LogP contribution >= 0.6 is 6.72 Å². The summed E-state index contributed by atoms with van der Waals surface area (Å²) in [5.41, 5.74) is 0. The minimum Gasteiger partial charge on any atom is -0.480 e. The van der Waals surface area contributed by atoms with Gasteiger partial charge in [-0.3, -0.25) is 4.79 Å². The Morgan fingerprint density at radius 2 is 2.12 bits per heavy atom. The molecule has 17 heavy (non-hydrogen) atoms. The molecule has 0 saturated heterocycles. The molecular formula is C8H18NO6PS. The minimum atomic E-state index is -3.12. The van der Waals surface area contributed by atoms with E-state index >= 15 is 0 Å². The van der Waals surface area contributed by atoms with Crippen molar-refractivity contribution in [1.29, 1.82) is 0 Å². The average molecular weight is 287 g/mol. The summed E-state index contributed by atoms with van der Waals surface area (Å²) in [5.74, 6) is -0.919. The van der Waals surface area contributed by atoms with Crippen LogP contribution in [0.5, 0.6) is 0 Å². The topological polar surface area (TPSA) is 97.3 Å². The van der Waals surface area contributed by atoms with Crippen molar-refractivity contribution in [2.75, 3.05) is 34.0 Å². The first-order valence-corrected chi connectivity index (χ1v) is 7.53. The summed E-state index contributed by atoms with van der Waals surface area (Å²) in [6, 6.07) is -0.627. The highest BCUT2D eigenvalue weighted by molar-refractivity contribution is 8.07. The number of nitrogens with one attached hydrogen (secondary N) is 1. The molecule has 2 unspecified atom stereocenters. The van der Waals surface area contributed by atoms with Gasteiger partial charge in [-0.1, -0.05) is 0 Å². The van der Waals surface area contributed by atoms with Crippen LogP contribution in [0.2, 0.25) is 0 Å². The smallest absolute Gasteiger partial charge is 0.324 e. The van der Waals surface area contributed by atoms with E-state index in [1.165, 1.54) is 7.11 Å². The summed E-state index contributed by atoms with van der Waals surface area (Å²) in [6.07, 6.45) is 0.351. The predicted molar refractivity (Wildman–Crippen MR) is 65.4 cm³/mol. The van der Waals surface area contributed by atoms with Crippen LogP contribution in [0.15, 0.2) is 0 Å². The van der Waals surface area contributed by atoms with Crippen molar-refractivity contribution in [3.63, 3.8) is 0 Å². The molecule has 0 spiro atoms. The number of hydrogen-bond donors (Lipinski definition) is 3. The van der Waals surface area contributed by atoms with E-state index in [0.29, 0.717) is 6.42 Å². The number of carbonyl (C=O) groups is 1. The van der Waals surface area contributed by atoms with Gasteiger partial charge in [-0.05, 0) is 25.3 Å². The zero-order chi connectivity index (χ0) is 13.3. The summed E-state index contributed by atoms with van der Waals surface area (Å²) < 4.78 is 14.5. The lowest BCUT2D eigenvalue weighted by Crippen LogP contribution is -2.34. The summed E-state index contributed by atoms with van der Waals surface area (Å²) in [6.45, 7) is -2.50. The van der Waals surface area contributed by atoms with E-state index in [2.05, 4.69) is 21.6 Å². The van der Waals surface area contributed by atoms with Gasteiger partial charge in [0.25, 0.3) is 0 Å². The van der Waals surface area contributed by atoms with Gasteiger partial charge in [0, 0.05) is 13.7 Å². The normalized spacial score (nSPS) is 16.4. The average Bonchev–Trinajstić information content (AvgIpc) is 2.27. The van der Waals surface area contributed by atoms with E-state index < -0.39 is 18.7 Å². The number of ether oxygens (including phenoxy) is 1. The molecule has 0 rings (SSSR count). The van der Waals surface area contributed by atoms with Gasteiger partial charge in [0.05, 0.1) is 13.2 Å². The Morgan fingerprint density at radius 1 is 1.47 bits per heavy atom. The molecule has 0 bridgehead atoms. The quantitative estimate of drug-likeness (QED) is 0.380. The van der Waals surface area contributed by atoms with Crippen LogP contribution in [0, 0.1) is 0 Å². The van der Waals surface area contributed by atoms with E-state index in [9.17, 15) is 9.69 Å². The van der Waals surface area contributed by atoms with E-state index in [1.807, 2.05) is 0 Å². The van der Waals surface area contributed by atoms with Gasteiger partial charge in [0.2, 0.25) is 0 Å². The van der Waals surface area contributed by atoms with Gasteiger partial charge in [0.1, 0.15) is 6.04 Å². The molecule has 9 heteroatoms. The number of hydrogen-bond acceptors (Lipinski definition) is 6. The third-order valence-electron chi connectivity index (χ3n) is 1.91. The molecule has 0 aliphatic carbocycles. The second kappa shape index (κ2) is 8.93. The highest BCUT2D eigenvalue weighted by Crippen LogP contribution is 2.41. The maximum Gasteiger partial charge on any atom is 0.324 e. The highest BCUT2D eigenvalue weighted by atomic mass is 32.5. The molecular weight excluding hydrogens is 269 g/mol. The van der Waals surface area contributed by atoms with Crippen LogP contribution in [0.1, 0.15) is 6.42 Å². The van der Waals surface area contributed by atoms with Crippen LogP contribution in [0.25, 0.3) is 0 Å². The molecule has 0 radical (unpaired) electrons. The number of carboxylic acids is 1. The van der Waals surface area contributed by atoms with Gasteiger partial charge < -0.3 is 29.1 Å². The zero-order valence-electron chi connectivity index (χ0n) is 9.79. The number of rotatable bonds is 10. The Balaban J connectivity index is 3.53. The molecule has 102 valence electrons. The Kier molecular flexibility index (Phi) is 8.89. The molecule has 7 nitrogen and oxygen atoms in total. The molecule has 0 amide bonds. The van der Waals surface area contributed by atoms with Crippen LogP contribution in [0.3, 0.4) is 0 Å². The molecule has 0 aromatic heterocycles. The lowest BCUT2D eigenvalue weighted by atomic mass is 10.2. The molecule has 0 aromatic rings. The first-order chi connectivity index (χ1) is 7.93. The Morgan fingerprint density at radius 3 is 2.59 bits per heavy atom. The standard InChI is InChI=1S/C8H18NO6PS/c1-9-7(8(10)11)3-4-14-5-6-15-16(12,17)13-2/h7,9H,3-6H2,1-2H3,(H,10,11)(H,12,17). The molecule has 0 aromatic carbocycles. The van der Waals surface area contributed by atoms with E-state index in [-0.39, 0.29) is 19.8 Å². The van der Waals surface area contributed by atoms with Gasteiger partial charge in [-0.15, -0.1) is 0 Å². The first-order valence-electron chi connectivity index (χ1n) is 4.94. The van der Waals surface area contributed by atoms with Crippen LogP contribution in [-0.4, -0.2) is 56.0 Å². The van der Waals surface area contributed by atoms with Gasteiger partial charge in [0.15, 0.2) is 0 Å². The van der Waals surface area contributed by atoms with Crippen molar-refractivity contribution in [2.45, 2.75) is 12.5 Å². The van der Waals surface area contributed by atoms with E-state index in [1.54, 1.807) is 7.05 Å². The molecule has 0 fully saturated rings. The predicted octanol–water partition coefficient (Wildman–Crippen LogP) is -0.0545. The number of likely N-dealkylation sites (N-methyl/N-ethyl adjacent to an activating group) is 1. The fourth-order valence-electron chi connectivity index (χ4n) is 0.959. The van der Waals surface area contributed by atoms with E-state index in [0.717, 1.165) is 0 Å². The first kappa shape index (κ1) is 16.9. The van der Waals surface area contributed by atoms with Gasteiger partial charge in [-0.2, -0.15) is 0 Å². The molecule has 0 heterocycles. The summed E-state index contributed by atoms with van der Waals surface area (Å²) in [5, 5.41) is 11.4. The highest BCUT2D eigenvalue weighted by Gasteiger charge is 2.14. The van der Waals surface area contributed by atoms with Crippen molar-refractivity contribution >= 4 is 24.5 Å². The SMILES string of the molecule is CNC(CCOCCOP(O)(=S)OC)C(=O)O. The fraction of sp³-hybridized carbons (Fsp3) is 0.875. The Labute approximate surface area is 105 Å². The van der Waals surface area contributed by atoms with Crippen LogP contribution < -0.4 is 5.32 Å². The third-order valence-corrected chi connectivity index (χ3v) is 3.64. The van der Waals surface area contributed by atoms with Gasteiger partial charge in [-0.25, -0.2) is 0 Å². The molecule has 2 atom stereocenters. The zero-order valence-corrected chi connectivity index (χ0v) is 11.5. The summed E-state index contributed by atoms with van der Waals surface area (Å²) in [7, 11) is 2.84. The summed E-state index contributed by atoms with van der Waals surface area (Å²) >= 11 is 4.60. The van der Waals surface area contributed by atoms with Crippen LogP contribution in [0.4, 0.5) is 0 Å². The number of aliphatic carboxylic acids is 1. The Bertz CT molecular complexity index is 277. The fourth-order valence-corrected chi connectivity index (χ4v) is 1.59. The maximum absolute atomic E-state index is 10.6. The van der Waals surface area contributed by atoms with Crippen molar-refractivity contribution in [1.82, 2.24) is 5.32 Å². The molecule has 0 aliphatic rings. The lowest BCUT2D eigenvalue weighted by molar-refractivity contribution is -0.139. The Hall–Kier alpha value is -0.0800. The van der Waals surface area contributed by atoms with Crippen molar-refractivity contribution in [2.24, 2.45) is 0 Å². The monoisotopic (exact) mass is 287 g/mol. The van der Waals surface area contributed by atoms with Crippen molar-refractivity contribution in [3.05, 3.63) is 0 Å². The third kappa shape index (κ3) is 8.62. The minimum absolute atomic E-state index is 0.110. The second-order valence-corrected chi connectivity index (χ2v) is 6.01. The number of carboxylic acid groups (broad SMARTS) is 1. The van der Waals surface area contributed by atoms with Crippen molar-refractivity contribution in [3.8, 4) is 0 Å². The van der Waals surface area contributed by atoms with Crippen LogP contribution in [-0.2, 0) is 30.4 Å². The summed E-state index contributed by atoms with van der Waals surface area (Å²) in [4.78, 5) is 19.8. The lowest BCUT2D eigenvalue weighted by Gasteiger charge is -2.13.